The summed E-state index contributed by atoms with van der Waals surface area (Å²) in [6, 6.07) is 18.9. The number of hydrogen-bond donors (Lipinski definition) is 3. The van der Waals surface area contributed by atoms with E-state index in [-0.39, 0.29) is 31.4 Å². The largest absolute Gasteiger partial charge is 0.481 e. The summed E-state index contributed by atoms with van der Waals surface area (Å²) in [5, 5.41) is 29.3. The molecule has 1 amide bonds. The van der Waals surface area contributed by atoms with Gasteiger partial charge in [-0.05, 0) is 46.6 Å². The summed E-state index contributed by atoms with van der Waals surface area (Å²) in [6.45, 7) is 5.46. The van der Waals surface area contributed by atoms with Crippen LogP contribution in [0.4, 0.5) is 0 Å². The second-order valence-electron chi connectivity index (χ2n) is 10.3. The van der Waals surface area contributed by atoms with Gasteiger partial charge >= 0.3 is 5.97 Å². The number of hydrogen-bond acceptors (Lipinski definition) is 4. The fourth-order valence-electron chi connectivity index (χ4n) is 4.43. The molecule has 2 aromatic carbocycles. The molecule has 3 N–H and O–H groups in total. The monoisotopic (exact) mass is 492 g/mol. The molecule has 1 heterocycles. The van der Waals surface area contributed by atoms with Gasteiger partial charge in [-0.15, -0.1) is 0 Å². The van der Waals surface area contributed by atoms with E-state index < -0.39 is 30.6 Å². The third kappa shape index (κ3) is 6.83. The van der Waals surface area contributed by atoms with Gasteiger partial charge in [0.05, 0.1) is 5.92 Å². The molecule has 3 aromatic rings. The summed E-state index contributed by atoms with van der Waals surface area (Å²) < 4.78 is 1.63. The molecule has 1 unspecified atom stereocenters. The summed E-state index contributed by atoms with van der Waals surface area (Å²) in [5.74, 6) is -2.63. The van der Waals surface area contributed by atoms with Gasteiger partial charge in [0.1, 0.15) is 12.8 Å². The van der Waals surface area contributed by atoms with Crippen molar-refractivity contribution in [3.63, 3.8) is 0 Å². The summed E-state index contributed by atoms with van der Waals surface area (Å²) in [6.07, 6.45) is 3.89. The highest BCUT2D eigenvalue weighted by Gasteiger charge is 2.38. The van der Waals surface area contributed by atoms with Crippen LogP contribution in [0.15, 0.2) is 73.1 Å². The molecule has 7 nitrogen and oxygen atoms in total. The molecule has 2 atom stereocenters. The molecule has 0 aliphatic carbocycles. The number of nitrogens with zero attached hydrogens (tertiary/aromatic N) is 2. The van der Waals surface area contributed by atoms with E-state index in [2.05, 4.69) is 0 Å². The van der Waals surface area contributed by atoms with Crippen LogP contribution in [0.25, 0.3) is 22.3 Å². The molecule has 0 saturated carbocycles. The highest BCUT2D eigenvalue weighted by Crippen LogP contribution is 2.31. The summed E-state index contributed by atoms with van der Waals surface area (Å²) in [7, 11) is 0. The van der Waals surface area contributed by atoms with Crippen LogP contribution in [0.2, 0.25) is 0 Å². The lowest BCUT2D eigenvalue weighted by molar-refractivity contribution is -0.152. The number of aliphatic hydroxyl groups excluding tert-OH is 2. The van der Waals surface area contributed by atoms with Crippen molar-refractivity contribution in [2.24, 2.45) is 11.3 Å². The maximum Gasteiger partial charge on any atom is 0.309 e. The molecular formula is C29H36N2O5. The minimum absolute atomic E-state index is 0.135. The molecule has 0 spiro atoms. The minimum Gasteiger partial charge on any atom is -0.481 e. The number of carbonyl (C=O) groups is 2. The van der Waals surface area contributed by atoms with Crippen molar-refractivity contribution in [3.05, 3.63) is 73.1 Å². The lowest BCUT2D eigenvalue weighted by atomic mass is 9.91. The second-order valence-corrected chi connectivity index (χ2v) is 10.3. The third-order valence-electron chi connectivity index (χ3n) is 6.13. The van der Waals surface area contributed by atoms with Crippen LogP contribution in [-0.2, 0) is 9.59 Å². The minimum atomic E-state index is -1.11. The van der Waals surface area contributed by atoms with Crippen molar-refractivity contribution < 1.29 is 24.9 Å². The first kappa shape index (κ1) is 27.2. The van der Waals surface area contributed by atoms with E-state index in [0.29, 0.717) is 0 Å². The van der Waals surface area contributed by atoms with Crippen molar-refractivity contribution in [1.82, 2.24) is 9.47 Å². The number of carbonyl (C=O) groups excluding carboxylic acids is 1. The Morgan fingerprint density at radius 2 is 1.47 bits per heavy atom. The van der Waals surface area contributed by atoms with Crippen molar-refractivity contribution in [2.45, 2.75) is 39.7 Å². The number of carboxylic acids is 1. The first-order valence-corrected chi connectivity index (χ1v) is 12.2. The molecule has 7 heteroatoms. The van der Waals surface area contributed by atoms with Crippen molar-refractivity contribution in [1.29, 1.82) is 0 Å². The van der Waals surface area contributed by atoms with Gasteiger partial charge in [0.25, 0.3) is 0 Å². The van der Waals surface area contributed by atoms with Crippen LogP contribution in [0.1, 0.15) is 39.7 Å². The summed E-state index contributed by atoms with van der Waals surface area (Å²) in [4.78, 5) is 27.2. The lowest BCUT2D eigenvalue weighted by Gasteiger charge is -2.33. The summed E-state index contributed by atoms with van der Waals surface area (Å²) in [5.41, 5.74) is 3.71. The highest BCUT2D eigenvalue weighted by atomic mass is 16.4. The molecule has 0 fully saturated rings. The van der Waals surface area contributed by atoms with E-state index in [1.165, 1.54) is 4.90 Å². The second kappa shape index (κ2) is 12.0. The standard InChI is InChI=1S/C29H36N2O5/c1-29(2,3)19-31(20-33)27(34)26(25(28(35)36)10-7-17-32)30-16-15-24(18-30)23-13-11-22(12-14-23)21-8-5-4-6-9-21/h4-6,8-9,11-16,18,25-26,32-33H,7,10,17,19-20H2,1-3H3,(H,35,36)/t25-,26?/m0/s1. The Hall–Kier alpha value is -3.42. The van der Waals surface area contributed by atoms with Gasteiger partial charge in [0, 0.05) is 25.5 Å². The van der Waals surface area contributed by atoms with Gasteiger partial charge in [0.15, 0.2) is 0 Å². The Bertz CT molecular complexity index is 1130. The molecule has 0 saturated heterocycles. The van der Waals surface area contributed by atoms with Gasteiger partial charge in [-0.1, -0.05) is 75.4 Å². The maximum absolute atomic E-state index is 13.6. The molecule has 0 aliphatic heterocycles. The molecule has 1 aromatic heterocycles. The Kier molecular flexibility index (Phi) is 9.07. The number of benzene rings is 2. The molecule has 0 aliphatic rings. The fraction of sp³-hybridized carbons (Fsp3) is 0.379. The Balaban J connectivity index is 1.95. The van der Waals surface area contributed by atoms with Crippen LogP contribution in [0, 0.1) is 11.3 Å². The predicted octanol–water partition coefficient (Wildman–Crippen LogP) is 4.66. The Morgan fingerprint density at radius 3 is 2.00 bits per heavy atom. The number of aliphatic hydroxyl groups is 2. The zero-order valence-electron chi connectivity index (χ0n) is 21.2. The first-order chi connectivity index (χ1) is 17.1. The van der Waals surface area contributed by atoms with Crippen molar-refractivity contribution in [2.75, 3.05) is 19.9 Å². The van der Waals surface area contributed by atoms with E-state index in [4.69, 9.17) is 0 Å². The van der Waals surface area contributed by atoms with E-state index in [1.807, 2.05) is 81.4 Å². The van der Waals surface area contributed by atoms with Crippen LogP contribution in [0.5, 0.6) is 0 Å². The molecule has 3 rings (SSSR count). The number of aliphatic carboxylic acids is 1. The van der Waals surface area contributed by atoms with Gasteiger partial charge in [-0.25, -0.2) is 0 Å². The normalized spacial score (nSPS) is 13.2. The predicted molar refractivity (Wildman–Crippen MR) is 140 cm³/mol. The fourth-order valence-corrected chi connectivity index (χ4v) is 4.43. The van der Waals surface area contributed by atoms with Gasteiger partial charge < -0.3 is 24.8 Å². The zero-order valence-corrected chi connectivity index (χ0v) is 21.2. The van der Waals surface area contributed by atoms with Crippen LogP contribution in [-0.4, -0.2) is 56.5 Å². The average Bonchev–Trinajstić information content (AvgIpc) is 3.34. The average molecular weight is 493 g/mol. The van der Waals surface area contributed by atoms with Gasteiger partial charge in [0.2, 0.25) is 5.91 Å². The number of rotatable bonds is 11. The van der Waals surface area contributed by atoms with Gasteiger partial charge in [-0.3, -0.25) is 9.59 Å². The topological polar surface area (TPSA) is 103 Å². The van der Waals surface area contributed by atoms with E-state index >= 15 is 0 Å². The van der Waals surface area contributed by atoms with E-state index in [1.54, 1.807) is 17.0 Å². The zero-order chi connectivity index (χ0) is 26.3. The van der Waals surface area contributed by atoms with Gasteiger partial charge in [-0.2, -0.15) is 0 Å². The van der Waals surface area contributed by atoms with Crippen LogP contribution < -0.4 is 0 Å². The number of amides is 1. The molecule has 192 valence electrons. The third-order valence-corrected chi connectivity index (χ3v) is 6.13. The SMILES string of the molecule is CC(C)(C)CN(CO)C(=O)C([C@H](CCCO)C(=O)O)n1ccc(-c2ccc(-c3ccccc3)cc2)c1. The molecule has 36 heavy (non-hydrogen) atoms. The van der Waals surface area contributed by atoms with Crippen molar-refractivity contribution >= 4 is 11.9 Å². The van der Waals surface area contributed by atoms with Crippen LogP contribution >= 0.6 is 0 Å². The quantitative estimate of drug-likeness (QED) is 0.338. The summed E-state index contributed by atoms with van der Waals surface area (Å²) >= 11 is 0. The maximum atomic E-state index is 13.6. The molecular weight excluding hydrogens is 456 g/mol. The van der Waals surface area contributed by atoms with E-state index in [0.717, 1.165) is 22.3 Å². The smallest absolute Gasteiger partial charge is 0.309 e. The van der Waals surface area contributed by atoms with Crippen molar-refractivity contribution in [3.8, 4) is 22.3 Å². The lowest BCUT2D eigenvalue weighted by Crippen LogP contribution is -2.45. The highest BCUT2D eigenvalue weighted by molar-refractivity contribution is 5.86. The number of carboxylic acid groups (broad SMARTS) is 1. The molecule has 0 radical (unpaired) electrons. The first-order valence-electron chi connectivity index (χ1n) is 12.2. The number of aromatic nitrogens is 1. The van der Waals surface area contributed by atoms with Crippen LogP contribution in [0.3, 0.4) is 0 Å². The molecule has 0 bridgehead atoms. The Labute approximate surface area is 212 Å². The Morgan fingerprint density at radius 1 is 0.889 bits per heavy atom. The van der Waals surface area contributed by atoms with E-state index in [9.17, 15) is 24.9 Å².